The highest BCUT2D eigenvalue weighted by molar-refractivity contribution is 7.80. The van der Waals surface area contributed by atoms with Crippen LogP contribution in [0, 0.1) is 0 Å². The number of hydrogen-bond acceptors (Lipinski definition) is 3. The number of aromatic nitrogens is 4. The van der Waals surface area contributed by atoms with Gasteiger partial charge in [-0.1, -0.05) is 29.8 Å². The fourth-order valence-electron chi connectivity index (χ4n) is 2.41. The molecule has 0 aliphatic rings. The lowest BCUT2D eigenvalue weighted by atomic mass is 10.2. The Morgan fingerprint density at radius 2 is 2.08 bits per heavy atom. The molecular formula is C17H19ClN6S. The molecule has 0 amide bonds. The Morgan fingerprint density at radius 1 is 1.28 bits per heavy atom. The van der Waals surface area contributed by atoms with Gasteiger partial charge in [0.05, 0.1) is 30.7 Å². The fourth-order valence-corrected chi connectivity index (χ4v) is 2.78. The quantitative estimate of drug-likeness (QED) is 0.695. The standard InChI is InChI=1S/C17H19ClN6S/c1-22(12-15-7-8-19-23(15)2)17(25)21-14-9-20-24(11-14)10-13-5-3-4-6-16(13)18/h3-9,11H,10,12H2,1-2H3,(H,21,25). The highest BCUT2D eigenvalue weighted by Crippen LogP contribution is 2.17. The second-order valence-corrected chi connectivity index (χ2v) is 6.54. The molecule has 0 aliphatic carbocycles. The molecule has 0 saturated carbocycles. The zero-order valence-electron chi connectivity index (χ0n) is 14.1. The molecule has 0 fully saturated rings. The predicted octanol–water partition coefficient (Wildman–Crippen LogP) is 3.15. The molecule has 1 aromatic carbocycles. The number of nitrogens with one attached hydrogen (secondary N) is 1. The monoisotopic (exact) mass is 374 g/mol. The van der Waals surface area contributed by atoms with E-state index in [-0.39, 0.29) is 0 Å². The molecule has 0 atom stereocenters. The van der Waals surface area contributed by atoms with E-state index >= 15 is 0 Å². The summed E-state index contributed by atoms with van der Waals surface area (Å²) in [6, 6.07) is 9.72. The van der Waals surface area contributed by atoms with E-state index < -0.39 is 0 Å². The minimum atomic E-state index is 0.610. The number of aryl methyl sites for hydroxylation is 1. The van der Waals surface area contributed by atoms with Crippen molar-refractivity contribution in [2.75, 3.05) is 12.4 Å². The van der Waals surface area contributed by atoms with E-state index in [1.54, 1.807) is 12.4 Å². The summed E-state index contributed by atoms with van der Waals surface area (Å²) in [7, 11) is 3.86. The Morgan fingerprint density at radius 3 is 2.80 bits per heavy atom. The van der Waals surface area contributed by atoms with Crippen LogP contribution >= 0.6 is 23.8 Å². The molecule has 0 bridgehead atoms. The second-order valence-electron chi connectivity index (χ2n) is 5.75. The summed E-state index contributed by atoms with van der Waals surface area (Å²) >= 11 is 11.7. The fraction of sp³-hybridized carbons (Fsp3) is 0.235. The third-order valence-corrected chi connectivity index (χ3v) is 4.63. The minimum Gasteiger partial charge on any atom is -0.346 e. The lowest BCUT2D eigenvalue weighted by Gasteiger charge is -2.20. The van der Waals surface area contributed by atoms with Crippen LogP contribution in [0.25, 0.3) is 0 Å². The molecule has 1 N–H and O–H groups in total. The van der Waals surface area contributed by atoms with E-state index in [1.807, 2.05) is 64.9 Å². The van der Waals surface area contributed by atoms with Crippen LogP contribution in [0.15, 0.2) is 48.9 Å². The first-order valence-electron chi connectivity index (χ1n) is 7.78. The van der Waals surface area contributed by atoms with E-state index in [9.17, 15) is 0 Å². The van der Waals surface area contributed by atoms with E-state index in [1.165, 1.54) is 0 Å². The van der Waals surface area contributed by atoms with E-state index in [0.29, 0.717) is 18.2 Å². The minimum absolute atomic E-state index is 0.610. The van der Waals surface area contributed by atoms with Gasteiger partial charge in [-0.15, -0.1) is 0 Å². The van der Waals surface area contributed by atoms with Gasteiger partial charge in [0, 0.05) is 31.5 Å². The van der Waals surface area contributed by atoms with E-state index in [0.717, 1.165) is 22.0 Å². The molecule has 0 saturated heterocycles. The first-order valence-corrected chi connectivity index (χ1v) is 8.56. The van der Waals surface area contributed by atoms with Crippen LogP contribution in [0.4, 0.5) is 5.69 Å². The molecule has 6 nitrogen and oxygen atoms in total. The Balaban J connectivity index is 1.60. The van der Waals surface area contributed by atoms with Gasteiger partial charge in [0.2, 0.25) is 0 Å². The summed E-state index contributed by atoms with van der Waals surface area (Å²) < 4.78 is 3.66. The highest BCUT2D eigenvalue weighted by atomic mass is 35.5. The molecule has 0 spiro atoms. The Kier molecular flexibility index (Phi) is 5.35. The third kappa shape index (κ3) is 4.37. The van der Waals surface area contributed by atoms with Crippen LogP contribution in [0.2, 0.25) is 5.02 Å². The number of hydrogen-bond donors (Lipinski definition) is 1. The van der Waals surface area contributed by atoms with Gasteiger partial charge in [-0.2, -0.15) is 10.2 Å². The third-order valence-electron chi connectivity index (χ3n) is 3.84. The van der Waals surface area contributed by atoms with Gasteiger partial charge in [-0.3, -0.25) is 9.36 Å². The molecular weight excluding hydrogens is 356 g/mol. The Labute approximate surface area is 157 Å². The van der Waals surface area contributed by atoms with Crippen molar-refractivity contribution in [3.63, 3.8) is 0 Å². The van der Waals surface area contributed by atoms with Crippen molar-refractivity contribution in [2.24, 2.45) is 7.05 Å². The molecule has 3 aromatic rings. The first kappa shape index (κ1) is 17.4. The van der Waals surface area contributed by atoms with Gasteiger partial charge in [-0.05, 0) is 29.9 Å². The maximum Gasteiger partial charge on any atom is 0.173 e. The Bertz CT molecular complexity index is 871. The number of benzene rings is 1. The molecule has 130 valence electrons. The number of halogens is 1. The number of thiocarbonyl (C=S) groups is 1. The van der Waals surface area contributed by atoms with Crippen LogP contribution in [-0.2, 0) is 20.1 Å². The van der Waals surface area contributed by atoms with Crippen LogP contribution in [0.1, 0.15) is 11.3 Å². The Hall–Kier alpha value is -2.38. The average Bonchev–Trinajstić information content (AvgIpc) is 3.19. The maximum absolute atomic E-state index is 6.20. The number of anilines is 1. The predicted molar refractivity (Wildman–Crippen MR) is 104 cm³/mol. The topological polar surface area (TPSA) is 50.9 Å². The maximum atomic E-state index is 6.20. The molecule has 0 radical (unpaired) electrons. The smallest absolute Gasteiger partial charge is 0.173 e. The summed E-state index contributed by atoms with van der Waals surface area (Å²) in [6.07, 6.45) is 5.44. The van der Waals surface area contributed by atoms with Crippen molar-refractivity contribution < 1.29 is 0 Å². The summed E-state index contributed by atoms with van der Waals surface area (Å²) in [6.45, 7) is 1.29. The normalized spacial score (nSPS) is 10.7. The lowest BCUT2D eigenvalue weighted by molar-refractivity contribution is 0.482. The van der Waals surface area contributed by atoms with Crippen molar-refractivity contribution >= 4 is 34.6 Å². The average molecular weight is 375 g/mol. The van der Waals surface area contributed by atoms with E-state index in [4.69, 9.17) is 23.8 Å². The first-order chi connectivity index (χ1) is 12.0. The van der Waals surface area contributed by atoms with Crippen molar-refractivity contribution in [3.8, 4) is 0 Å². The molecule has 2 heterocycles. The van der Waals surface area contributed by atoms with Crippen molar-refractivity contribution in [3.05, 3.63) is 65.2 Å². The van der Waals surface area contributed by atoms with E-state index in [2.05, 4.69) is 15.5 Å². The summed E-state index contributed by atoms with van der Waals surface area (Å²) in [5, 5.41) is 13.1. The van der Waals surface area contributed by atoms with Crippen molar-refractivity contribution in [1.29, 1.82) is 0 Å². The van der Waals surface area contributed by atoms with Gasteiger partial charge in [0.25, 0.3) is 0 Å². The van der Waals surface area contributed by atoms with Gasteiger partial charge in [-0.25, -0.2) is 0 Å². The van der Waals surface area contributed by atoms with Gasteiger partial charge in [0.15, 0.2) is 5.11 Å². The molecule has 3 rings (SSSR count). The van der Waals surface area contributed by atoms with Crippen molar-refractivity contribution in [1.82, 2.24) is 24.5 Å². The molecule has 8 heteroatoms. The summed E-state index contributed by atoms with van der Waals surface area (Å²) in [5.41, 5.74) is 2.95. The summed E-state index contributed by atoms with van der Waals surface area (Å²) in [4.78, 5) is 1.96. The van der Waals surface area contributed by atoms with Crippen molar-refractivity contribution in [2.45, 2.75) is 13.1 Å². The van der Waals surface area contributed by atoms with Crippen LogP contribution in [-0.4, -0.2) is 36.6 Å². The molecule has 25 heavy (non-hydrogen) atoms. The lowest BCUT2D eigenvalue weighted by Crippen LogP contribution is -2.31. The number of rotatable bonds is 5. The molecule has 2 aromatic heterocycles. The highest BCUT2D eigenvalue weighted by Gasteiger charge is 2.09. The number of nitrogens with zero attached hydrogens (tertiary/aromatic N) is 5. The van der Waals surface area contributed by atoms with Gasteiger partial charge in [0.1, 0.15) is 0 Å². The second kappa shape index (κ2) is 7.67. The SMILES string of the molecule is CN(Cc1ccnn1C)C(=S)Nc1cnn(Cc2ccccc2Cl)c1. The molecule has 0 aliphatic heterocycles. The zero-order valence-corrected chi connectivity index (χ0v) is 15.6. The van der Waals surface area contributed by atoms with Crippen LogP contribution in [0.5, 0.6) is 0 Å². The van der Waals surface area contributed by atoms with Crippen LogP contribution < -0.4 is 5.32 Å². The van der Waals surface area contributed by atoms with Gasteiger partial charge < -0.3 is 10.2 Å². The molecule has 0 unspecified atom stereocenters. The summed E-state index contributed by atoms with van der Waals surface area (Å²) in [5.74, 6) is 0. The zero-order chi connectivity index (χ0) is 17.8. The van der Waals surface area contributed by atoms with Crippen LogP contribution in [0.3, 0.4) is 0 Å². The van der Waals surface area contributed by atoms with Gasteiger partial charge >= 0.3 is 0 Å². The largest absolute Gasteiger partial charge is 0.346 e.